The van der Waals surface area contributed by atoms with E-state index < -0.39 is 0 Å². The number of hydrogen-bond acceptors (Lipinski definition) is 2. The monoisotopic (exact) mass is 281 g/mol. The number of halogens is 1. The van der Waals surface area contributed by atoms with Gasteiger partial charge >= 0.3 is 0 Å². The summed E-state index contributed by atoms with van der Waals surface area (Å²) in [6.07, 6.45) is 4.73. The van der Waals surface area contributed by atoms with Crippen LogP contribution in [0.2, 0.25) is 0 Å². The molecule has 0 bridgehead atoms. The molecule has 0 aromatic heterocycles. The number of carbonyl (C=O) groups excluding carboxylic acids is 1. The summed E-state index contributed by atoms with van der Waals surface area (Å²) in [5, 5.41) is 0. The summed E-state index contributed by atoms with van der Waals surface area (Å²) >= 11 is 3.44. The number of hydrogen-bond donors (Lipinski definition) is 0. The van der Waals surface area contributed by atoms with Crippen molar-refractivity contribution in [2.75, 3.05) is 11.4 Å². The van der Waals surface area contributed by atoms with Crippen LogP contribution in [0.5, 0.6) is 0 Å². The van der Waals surface area contributed by atoms with Crippen molar-refractivity contribution in [1.82, 2.24) is 0 Å². The second-order valence-electron chi connectivity index (χ2n) is 4.36. The molecule has 2 rings (SSSR count). The largest absolute Gasteiger partial charge is 0.369 e. The number of aldehydes is 1. The van der Waals surface area contributed by atoms with Crippen LogP contribution in [-0.4, -0.2) is 18.9 Å². The van der Waals surface area contributed by atoms with Crippen molar-refractivity contribution < 1.29 is 4.79 Å². The predicted molar refractivity (Wildman–Crippen MR) is 70.2 cm³/mol. The van der Waals surface area contributed by atoms with Gasteiger partial charge in [-0.2, -0.15) is 0 Å². The van der Waals surface area contributed by atoms with Gasteiger partial charge in [-0.25, -0.2) is 0 Å². The van der Waals surface area contributed by atoms with E-state index in [1.165, 1.54) is 24.9 Å². The second kappa shape index (κ2) is 5.00. The molecular formula is C13H16BrNO. The Labute approximate surface area is 105 Å². The highest BCUT2D eigenvalue weighted by molar-refractivity contribution is 9.10. The number of carbonyl (C=O) groups is 1. The van der Waals surface area contributed by atoms with E-state index in [1.54, 1.807) is 0 Å². The van der Waals surface area contributed by atoms with Crippen LogP contribution in [-0.2, 0) is 0 Å². The Morgan fingerprint density at radius 2 is 2.25 bits per heavy atom. The zero-order valence-electron chi connectivity index (χ0n) is 9.45. The summed E-state index contributed by atoms with van der Waals surface area (Å²) in [6.45, 7) is 3.38. The molecule has 1 saturated heterocycles. The Balaban J connectivity index is 2.26. The summed E-state index contributed by atoms with van der Waals surface area (Å²) in [5.74, 6) is 0. The molecular weight excluding hydrogens is 266 g/mol. The Kier molecular flexibility index (Phi) is 3.64. The van der Waals surface area contributed by atoms with Gasteiger partial charge in [0, 0.05) is 28.3 Å². The van der Waals surface area contributed by atoms with Gasteiger partial charge in [0.2, 0.25) is 0 Å². The SMILES string of the molecule is CC1CCCCN1c1ccc(C=O)c(Br)c1. The zero-order chi connectivity index (χ0) is 11.5. The molecule has 1 unspecified atom stereocenters. The number of nitrogens with zero attached hydrogens (tertiary/aromatic N) is 1. The zero-order valence-corrected chi connectivity index (χ0v) is 11.0. The topological polar surface area (TPSA) is 20.3 Å². The van der Waals surface area contributed by atoms with Crippen LogP contribution >= 0.6 is 15.9 Å². The van der Waals surface area contributed by atoms with Crippen LogP contribution in [0.1, 0.15) is 36.5 Å². The third kappa shape index (κ3) is 2.29. The van der Waals surface area contributed by atoms with Crippen LogP contribution in [0.3, 0.4) is 0 Å². The van der Waals surface area contributed by atoms with Crippen molar-refractivity contribution >= 4 is 27.9 Å². The minimum Gasteiger partial charge on any atom is -0.369 e. The minimum atomic E-state index is 0.600. The number of anilines is 1. The van der Waals surface area contributed by atoms with Gasteiger partial charge in [-0.15, -0.1) is 0 Å². The second-order valence-corrected chi connectivity index (χ2v) is 5.22. The highest BCUT2D eigenvalue weighted by atomic mass is 79.9. The van der Waals surface area contributed by atoms with Gasteiger partial charge in [-0.3, -0.25) is 4.79 Å². The van der Waals surface area contributed by atoms with E-state index in [-0.39, 0.29) is 0 Å². The molecule has 0 amide bonds. The summed E-state index contributed by atoms with van der Waals surface area (Å²) in [5.41, 5.74) is 1.93. The van der Waals surface area contributed by atoms with Crippen molar-refractivity contribution in [3.63, 3.8) is 0 Å². The molecule has 0 spiro atoms. The lowest BCUT2D eigenvalue weighted by molar-refractivity contribution is 0.112. The maximum absolute atomic E-state index is 10.7. The first-order valence-corrected chi connectivity index (χ1v) is 6.53. The first kappa shape index (κ1) is 11.6. The van der Waals surface area contributed by atoms with Crippen molar-refractivity contribution in [3.05, 3.63) is 28.2 Å². The van der Waals surface area contributed by atoms with Gasteiger partial charge < -0.3 is 4.90 Å². The maximum Gasteiger partial charge on any atom is 0.151 e. The summed E-state index contributed by atoms with van der Waals surface area (Å²) < 4.78 is 0.887. The molecule has 0 radical (unpaired) electrons. The lowest BCUT2D eigenvalue weighted by atomic mass is 10.0. The number of piperidine rings is 1. The highest BCUT2D eigenvalue weighted by Gasteiger charge is 2.18. The average molecular weight is 282 g/mol. The van der Waals surface area contributed by atoms with Gasteiger partial charge in [0.05, 0.1) is 0 Å². The normalized spacial score (nSPS) is 20.9. The van der Waals surface area contributed by atoms with Gasteiger partial charge in [0.1, 0.15) is 0 Å². The van der Waals surface area contributed by atoms with Crippen LogP contribution in [0.25, 0.3) is 0 Å². The predicted octanol–water partition coefficient (Wildman–Crippen LogP) is 3.64. The van der Waals surface area contributed by atoms with Gasteiger partial charge in [-0.1, -0.05) is 0 Å². The van der Waals surface area contributed by atoms with Crippen molar-refractivity contribution in [1.29, 1.82) is 0 Å². The van der Waals surface area contributed by atoms with Gasteiger partial charge in [-0.05, 0) is 60.3 Å². The highest BCUT2D eigenvalue weighted by Crippen LogP contribution is 2.28. The van der Waals surface area contributed by atoms with Crippen LogP contribution in [0.15, 0.2) is 22.7 Å². The summed E-state index contributed by atoms with van der Waals surface area (Å²) in [7, 11) is 0. The molecule has 0 N–H and O–H groups in total. The fourth-order valence-electron chi connectivity index (χ4n) is 2.27. The van der Waals surface area contributed by atoms with Crippen molar-refractivity contribution in [2.24, 2.45) is 0 Å². The van der Waals surface area contributed by atoms with Crippen molar-refractivity contribution in [3.8, 4) is 0 Å². The van der Waals surface area contributed by atoms with E-state index in [9.17, 15) is 4.79 Å². The van der Waals surface area contributed by atoms with E-state index in [0.29, 0.717) is 11.6 Å². The summed E-state index contributed by atoms with van der Waals surface area (Å²) in [6, 6.07) is 6.57. The van der Waals surface area contributed by atoms with Crippen LogP contribution in [0.4, 0.5) is 5.69 Å². The smallest absolute Gasteiger partial charge is 0.151 e. The number of benzene rings is 1. The Morgan fingerprint density at radius 1 is 1.44 bits per heavy atom. The Morgan fingerprint density at radius 3 is 2.88 bits per heavy atom. The van der Waals surface area contributed by atoms with E-state index in [1.807, 2.05) is 18.2 Å². The first-order valence-electron chi connectivity index (χ1n) is 5.74. The van der Waals surface area contributed by atoms with E-state index in [4.69, 9.17) is 0 Å². The molecule has 1 aromatic rings. The molecule has 1 aliphatic rings. The Hall–Kier alpha value is -0.830. The fraction of sp³-hybridized carbons (Fsp3) is 0.462. The van der Waals surface area contributed by atoms with E-state index >= 15 is 0 Å². The lowest BCUT2D eigenvalue weighted by Gasteiger charge is -2.35. The minimum absolute atomic E-state index is 0.600. The molecule has 1 heterocycles. The van der Waals surface area contributed by atoms with E-state index in [2.05, 4.69) is 27.8 Å². The first-order chi connectivity index (χ1) is 7.72. The molecule has 0 aliphatic carbocycles. The number of rotatable bonds is 2. The third-order valence-electron chi connectivity index (χ3n) is 3.25. The molecule has 1 atom stereocenters. The molecule has 3 heteroatoms. The Bertz CT molecular complexity index is 392. The molecule has 1 aromatic carbocycles. The van der Waals surface area contributed by atoms with Crippen LogP contribution < -0.4 is 4.90 Å². The van der Waals surface area contributed by atoms with Gasteiger partial charge in [0.25, 0.3) is 0 Å². The third-order valence-corrected chi connectivity index (χ3v) is 3.93. The standard InChI is InChI=1S/C13H16BrNO/c1-10-4-2-3-7-15(10)12-6-5-11(9-16)13(14)8-12/h5-6,8-10H,2-4,7H2,1H3. The molecule has 1 aliphatic heterocycles. The lowest BCUT2D eigenvalue weighted by Crippen LogP contribution is -2.37. The molecule has 16 heavy (non-hydrogen) atoms. The molecule has 86 valence electrons. The van der Waals surface area contributed by atoms with E-state index in [0.717, 1.165) is 17.3 Å². The maximum atomic E-state index is 10.7. The van der Waals surface area contributed by atoms with Crippen LogP contribution in [0, 0.1) is 0 Å². The molecule has 1 fully saturated rings. The van der Waals surface area contributed by atoms with Crippen molar-refractivity contribution in [2.45, 2.75) is 32.2 Å². The quantitative estimate of drug-likeness (QED) is 0.772. The fourth-order valence-corrected chi connectivity index (χ4v) is 2.73. The summed E-state index contributed by atoms with van der Waals surface area (Å²) in [4.78, 5) is 13.2. The average Bonchev–Trinajstić information content (AvgIpc) is 2.29. The molecule has 0 saturated carbocycles. The van der Waals surface area contributed by atoms with Gasteiger partial charge in [0.15, 0.2) is 6.29 Å². The molecule has 2 nitrogen and oxygen atoms in total.